The molecule has 102 valence electrons. The van der Waals surface area contributed by atoms with E-state index in [1.807, 2.05) is 0 Å². The lowest BCUT2D eigenvalue weighted by Gasteiger charge is -2.16. The first kappa shape index (κ1) is 12.3. The van der Waals surface area contributed by atoms with Crippen LogP contribution in [-0.4, -0.2) is 43.7 Å². The van der Waals surface area contributed by atoms with Gasteiger partial charge in [0, 0.05) is 18.7 Å². The average molecular weight is 273 g/mol. The summed E-state index contributed by atoms with van der Waals surface area (Å²) < 4.78 is 1.50. The smallest absolute Gasteiger partial charge is 0.308 e. The predicted molar refractivity (Wildman–Crippen MR) is 67.2 cm³/mol. The number of tetrazole rings is 1. The number of carbonyl (C=O) groups excluding carboxylic acids is 1. The van der Waals surface area contributed by atoms with Gasteiger partial charge in [-0.1, -0.05) is 0 Å². The van der Waals surface area contributed by atoms with Crippen LogP contribution in [0.5, 0.6) is 0 Å². The highest BCUT2D eigenvalue weighted by Crippen LogP contribution is 2.25. The summed E-state index contributed by atoms with van der Waals surface area (Å²) in [4.78, 5) is 24.2. The highest BCUT2D eigenvalue weighted by atomic mass is 16.4. The first-order valence-corrected chi connectivity index (χ1v) is 6.02. The molecule has 1 atom stereocenters. The van der Waals surface area contributed by atoms with Gasteiger partial charge in [0.05, 0.1) is 11.6 Å². The topological polar surface area (TPSA) is 101 Å². The van der Waals surface area contributed by atoms with Gasteiger partial charge < -0.3 is 10.0 Å². The summed E-state index contributed by atoms with van der Waals surface area (Å²) in [6, 6.07) is 7.04. The van der Waals surface area contributed by atoms with Crippen LogP contribution in [0, 0.1) is 5.92 Å². The average Bonchev–Trinajstić information content (AvgIpc) is 3.08. The molecule has 1 aliphatic heterocycles. The Labute approximate surface area is 113 Å². The molecule has 1 aliphatic rings. The molecular formula is C12H11N5O3. The number of aliphatic carboxylic acids is 1. The largest absolute Gasteiger partial charge is 0.481 e. The van der Waals surface area contributed by atoms with E-state index in [0.717, 1.165) is 5.69 Å². The molecule has 0 saturated carbocycles. The lowest BCUT2D eigenvalue weighted by Crippen LogP contribution is -2.25. The Morgan fingerprint density at radius 2 is 1.95 bits per heavy atom. The third-order valence-corrected chi connectivity index (χ3v) is 3.25. The molecule has 1 aromatic carbocycles. The number of carbonyl (C=O) groups is 2. The highest BCUT2D eigenvalue weighted by molar-refractivity contribution is 5.99. The minimum Gasteiger partial charge on any atom is -0.481 e. The van der Waals surface area contributed by atoms with E-state index in [1.54, 1.807) is 24.3 Å². The van der Waals surface area contributed by atoms with Crippen molar-refractivity contribution in [3.05, 3.63) is 30.6 Å². The Balaban J connectivity index is 1.82. The SMILES string of the molecule is O=C(O)[C@H]1CC(=O)N(c2ccc(-n3cnnn3)cc2)C1. The van der Waals surface area contributed by atoms with Crippen molar-refractivity contribution in [2.24, 2.45) is 5.92 Å². The molecule has 1 fully saturated rings. The maximum absolute atomic E-state index is 11.8. The van der Waals surface area contributed by atoms with Crippen LogP contribution < -0.4 is 4.90 Å². The number of rotatable bonds is 3. The molecule has 0 aliphatic carbocycles. The van der Waals surface area contributed by atoms with E-state index in [0.29, 0.717) is 5.69 Å². The zero-order valence-electron chi connectivity index (χ0n) is 10.4. The van der Waals surface area contributed by atoms with E-state index >= 15 is 0 Å². The second-order valence-corrected chi connectivity index (χ2v) is 4.51. The summed E-state index contributed by atoms with van der Waals surface area (Å²) in [6.45, 7) is 0.207. The van der Waals surface area contributed by atoms with Gasteiger partial charge in [0.2, 0.25) is 5.91 Å². The summed E-state index contributed by atoms with van der Waals surface area (Å²) in [5, 5.41) is 19.8. The Kier molecular flexibility index (Phi) is 2.90. The maximum Gasteiger partial charge on any atom is 0.308 e. The van der Waals surface area contributed by atoms with Crippen molar-refractivity contribution in [2.75, 3.05) is 11.4 Å². The number of amides is 1. The molecule has 0 radical (unpaired) electrons. The number of aromatic nitrogens is 4. The van der Waals surface area contributed by atoms with Crippen LogP contribution in [0.15, 0.2) is 30.6 Å². The van der Waals surface area contributed by atoms with Crippen molar-refractivity contribution in [3.8, 4) is 5.69 Å². The minimum absolute atomic E-state index is 0.0457. The first-order chi connectivity index (χ1) is 9.65. The summed E-state index contributed by atoms with van der Waals surface area (Å²) in [5.74, 6) is -1.75. The van der Waals surface area contributed by atoms with Gasteiger partial charge in [-0.25, -0.2) is 4.68 Å². The zero-order chi connectivity index (χ0) is 14.1. The fraction of sp³-hybridized carbons (Fsp3) is 0.250. The normalized spacial score (nSPS) is 18.5. The van der Waals surface area contributed by atoms with E-state index in [2.05, 4.69) is 15.5 Å². The summed E-state index contributed by atoms with van der Waals surface area (Å²) in [7, 11) is 0. The molecule has 2 heterocycles. The van der Waals surface area contributed by atoms with E-state index in [1.165, 1.54) is 15.9 Å². The van der Waals surface area contributed by atoms with Crippen LogP contribution >= 0.6 is 0 Å². The lowest BCUT2D eigenvalue weighted by atomic mass is 10.1. The number of nitrogens with zero attached hydrogens (tertiary/aromatic N) is 5. The molecule has 8 heteroatoms. The number of hydrogen-bond acceptors (Lipinski definition) is 5. The molecule has 0 unspecified atom stereocenters. The standard InChI is InChI=1S/C12H11N5O3/c18-11-5-8(12(19)20)6-16(11)9-1-3-10(4-2-9)17-7-13-14-15-17/h1-4,7-8H,5-6H2,(H,19,20)/t8-/m0/s1. The highest BCUT2D eigenvalue weighted by Gasteiger charge is 2.34. The number of anilines is 1. The summed E-state index contributed by atoms with van der Waals surface area (Å²) in [6.07, 6.45) is 1.51. The van der Waals surface area contributed by atoms with Gasteiger partial charge in [0.1, 0.15) is 6.33 Å². The fourth-order valence-corrected chi connectivity index (χ4v) is 2.19. The number of benzene rings is 1. The molecule has 8 nitrogen and oxygen atoms in total. The van der Waals surface area contributed by atoms with Crippen molar-refractivity contribution >= 4 is 17.6 Å². The van der Waals surface area contributed by atoms with E-state index in [9.17, 15) is 9.59 Å². The van der Waals surface area contributed by atoms with Crippen LogP contribution in [-0.2, 0) is 9.59 Å². The van der Waals surface area contributed by atoms with E-state index < -0.39 is 11.9 Å². The maximum atomic E-state index is 11.8. The van der Waals surface area contributed by atoms with Crippen molar-refractivity contribution in [1.29, 1.82) is 0 Å². The molecule has 0 spiro atoms. The van der Waals surface area contributed by atoms with Crippen molar-refractivity contribution in [1.82, 2.24) is 20.2 Å². The van der Waals surface area contributed by atoms with Crippen molar-refractivity contribution < 1.29 is 14.7 Å². The third kappa shape index (κ3) is 2.11. The van der Waals surface area contributed by atoms with Gasteiger partial charge in [-0.2, -0.15) is 0 Å². The first-order valence-electron chi connectivity index (χ1n) is 6.02. The van der Waals surface area contributed by atoms with E-state index in [-0.39, 0.29) is 18.9 Å². The molecule has 1 saturated heterocycles. The fourth-order valence-electron chi connectivity index (χ4n) is 2.19. The Morgan fingerprint density at radius 3 is 2.50 bits per heavy atom. The molecule has 20 heavy (non-hydrogen) atoms. The third-order valence-electron chi connectivity index (χ3n) is 3.25. The van der Waals surface area contributed by atoms with Crippen LogP contribution in [0.3, 0.4) is 0 Å². The second kappa shape index (κ2) is 4.72. The van der Waals surface area contributed by atoms with E-state index in [4.69, 9.17) is 5.11 Å². The quantitative estimate of drug-likeness (QED) is 0.851. The van der Waals surface area contributed by atoms with Crippen molar-refractivity contribution in [3.63, 3.8) is 0 Å². The van der Waals surface area contributed by atoms with Crippen LogP contribution in [0.4, 0.5) is 5.69 Å². The number of carboxylic acid groups (broad SMARTS) is 1. The lowest BCUT2D eigenvalue weighted by molar-refractivity contribution is -0.141. The van der Waals surface area contributed by atoms with Crippen LogP contribution in [0.25, 0.3) is 5.69 Å². The number of hydrogen-bond donors (Lipinski definition) is 1. The Hall–Kier alpha value is -2.77. The van der Waals surface area contributed by atoms with Gasteiger partial charge in [0.15, 0.2) is 0 Å². The molecule has 2 aromatic rings. The molecule has 0 bridgehead atoms. The van der Waals surface area contributed by atoms with Crippen molar-refractivity contribution in [2.45, 2.75) is 6.42 Å². The Morgan fingerprint density at radius 1 is 1.25 bits per heavy atom. The van der Waals surface area contributed by atoms with Crippen LogP contribution in [0.2, 0.25) is 0 Å². The zero-order valence-corrected chi connectivity index (χ0v) is 10.4. The van der Waals surface area contributed by atoms with Gasteiger partial charge >= 0.3 is 5.97 Å². The van der Waals surface area contributed by atoms with Gasteiger partial charge in [-0.15, -0.1) is 5.10 Å². The van der Waals surface area contributed by atoms with Gasteiger partial charge in [0.25, 0.3) is 0 Å². The molecule has 1 amide bonds. The predicted octanol–water partition coefficient (Wildman–Crippen LogP) is 0.0998. The summed E-state index contributed by atoms with van der Waals surface area (Å²) >= 11 is 0. The summed E-state index contributed by atoms with van der Waals surface area (Å²) in [5.41, 5.74) is 1.44. The van der Waals surface area contributed by atoms with Gasteiger partial charge in [-0.3, -0.25) is 9.59 Å². The molecule has 3 rings (SSSR count). The number of carboxylic acids is 1. The molecule has 1 N–H and O–H groups in total. The van der Waals surface area contributed by atoms with Gasteiger partial charge in [-0.05, 0) is 34.7 Å². The molecule has 1 aromatic heterocycles. The van der Waals surface area contributed by atoms with Crippen LogP contribution in [0.1, 0.15) is 6.42 Å². The minimum atomic E-state index is -0.939. The second-order valence-electron chi connectivity index (χ2n) is 4.51. The molecular weight excluding hydrogens is 262 g/mol. The Bertz CT molecular complexity index is 638. The monoisotopic (exact) mass is 273 g/mol.